The number of hydrogen-bond donors (Lipinski definition) is 2. The Labute approximate surface area is 127 Å². The molecule has 4 nitrogen and oxygen atoms in total. The van der Waals surface area contributed by atoms with Crippen LogP contribution in [0.3, 0.4) is 0 Å². The molecule has 116 valence electrons. The highest BCUT2D eigenvalue weighted by Crippen LogP contribution is 2.25. The quantitative estimate of drug-likeness (QED) is 0.888. The number of rotatable bonds is 4. The molecule has 1 atom stereocenters. The van der Waals surface area contributed by atoms with Gasteiger partial charge in [0.15, 0.2) is 6.04 Å². The minimum Gasteiger partial charge on any atom is -0.495 e. The summed E-state index contributed by atoms with van der Waals surface area (Å²) in [6.45, 7) is 6.23. The molecule has 1 heterocycles. The number of nitrogens with one attached hydrogen (secondary N) is 2. The largest absolute Gasteiger partial charge is 0.495 e. The second-order valence-corrected chi connectivity index (χ2v) is 5.99. The van der Waals surface area contributed by atoms with Crippen LogP contribution in [0.2, 0.25) is 0 Å². The lowest BCUT2D eigenvalue weighted by molar-refractivity contribution is -0.913. The molecule has 1 aromatic carbocycles. The van der Waals surface area contributed by atoms with Gasteiger partial charge in [-0.05, 0) is 57.2 Å². The molecule has 2 rings (SSSR count). The molecule has 2 N–H and O–H groups in total. The number of benzene rings is 1. The Kier molecular flexibility index (Phi) is 5.62. The number of anilines is 1. The van der Waals surface area contributed by atoms with Gasteiger partial charge in [-0.1, -0.05) is 6.07 Å². The van der Waals surface area contributed by atoms with Crippen molar-refractivity contribution in [2.45, 2.75) is 45.6 Å². The summed E-state index contributed by atoms with van der Waals surface area (Å²) in [5.41, 5.74) is 1.88. The number of hydrogen-bond acceptors (Lipinski definition) is 2. The third-order valence-electron chi connectivity index (χ3n) is 4.36. The van der Waals surface area contributed by atoms with Gasteiger partial charge in [-0.2, -0.15) is 0 Å². The van der Waals surface area contributed by atoms with Crippen molar-refractivity contribution in [3.05, 3.63) is 23.8 Å². The molecule has 1 aliphatic rings. The summed E-state index contributed by atoms with van der Waals surface area (Å²) < 4.78 is 5.32. The predicted octanol–water partition coefficient (Wildman–Crippen LogP) is 1.79. The van der Waals surface area contributed by atoms with Gasteiger partial charge in [0, 0.05) is 0 Å². The first-order chi connectivity index (χ1) is 10.1. The lowest BCUT2D eigenvalue weighted by Crippen LogP contribution is -3.16. The first-order valence-electron chi connectivity index (χ1n) is 7.92. The van der Waals surface area contributed by atoms with Gasteiger partial charge in [-0.15, -0.1) is 0 Å². The van der Waals surface area contributed by atoms with E-state index in [0.717, 1.165) is 24.3 Å². The molecule has 21 heavy (non-hydrogen) atoms. The smallest absolute Gasteiger partial charge is 0.282 e. The molecule has 1 saturated heterocycles. The van der Waals surface area contributed by atoms with Gasteiger partial charge in [0.05, 0.1) is 25.9 Å². The highest BCUT2D eigenvalue weighted by Gasteiger charge is 2.26. The Morgan fingerprint density at radius 2 is 1.90 bits per heavy atom. The maximum Gasteiger partial charge on any atom is 0.282 e. The first kappa shape index (κ1) is 15.8. The molecule has 0 radical (unpaired) electrons. The van der Waals surface area contributed by atoms with E-state index in [0.29, 0.717) is 5.75 Å². The monoisotopic (exact) mass is 291 g/mol. The van der Waals surface area contributed by atoms with E-state index in [1.54, 1.807) is 7.11 Å². The summed E-state index contributed by atoms with van der Waals surface area (Å²) in [6, 6.07) is 5.82. The maximum absolute atomic E-state index is 12.5. The third kappa shape index (κ3) is 4.21. The van der Waals surface area contributed by atoms with E-state index in [1.807, 2.05) is 32.0 Å². The summed E-state index contributed by atoms with van der Waals surface area (Å²) in [6.07, 6.45) is 5.04. The lowest BCUT2D eigenvalue weighted by Gasteiger charge is -2.24. The van der Waals surface area contributed by atoms with Crippen molar-refractivity contribution in [3.8, 4) is 5.75 Å². The Hall–Kier alpha value is -1.55. The van der Waals surface area contributed by atoms with E-state index >= 15 is 0 Å². The summed E-state index contributed by atoms with van der Waals surface area (Å²) in [4.78, 5) is 13.9. The van der Waals surface area contributed by atoms with Gasteiger partial charge in [0.25, 0.3) is 5.91 Å². The van der Waals surface area contributed by atoms with Gasteiger partial charge < -0.3 is 15.0 Å². The number of quaternary nitrogens is 1. The maximum atomic E-state index is 12.5. The van der Waals surface area contributed by atoms with E-state index in [-0.39, 0.29) is 11.9 Å². The van der Waals surface area contributed by atoms with Crippen molar-refractivity contribution in [1.82, 2.24) is 0 Å². The fourth-order valence-corrected chi connectivity index (χ4v) is 2.96. The summed E-state index contributed by atoms with van der Waals surface area (Å²) >= 11 is 0. The molecule has 1 amide bonds. The van der Waals surface area contributed by atoms with E-state index in [9.17, 15) is 4.79 Å². The first-order valence-corrected chi connectivity index (χ1v) is 7.92. The normalized spacial score (nSPS) is 17.9. The molecule has 0 aromatic heterocycles. The molecule has 1 fully saturated rings. The van der Waals surface area contributed by atoms with Crippen molar-refractivity contribution in [2.24, 2.45) is 0 Å². The molecule has 0 spiro atoms. The third-order valence-corrected chi connectivity index (χ3v) is 4.36. The van der Waals surface area contributed by atoms with Crippen LogP contribution in [-0.2, 0) is 4.79 Å². The molecule has 1 aromatic rings. The number of ether oxygens (including phenoxy) is 1. The summed E-state index contributed by atoms with van der Waals surface area (Å²) in [5, 5.41) is 3.03. The number of amides is 1. The molecule has 0 aliphatic carbocycles. The second-order valence-electron chi connectivity index (χ2n) is 5.99. The summed E-state index contributed by atoms with van der Waals surface area (Å²) in [5.74, 6) is 0.794. The van der Waals surface area contributed by atoms with Crippen LogP contribution < -0.4 is 15.0 Å². The van der Waals surface area contributed by atoms with Crippen molar-refractivity contribution in [2.75, 3.05) is 25.5 Å². The van der Waals surface area contributed by atoms with Crippen LogP contribution in [0.5, 0.6) is 5.75 Å². The zero-order valence-corrected chi connectivity index (χ0v) is 13.4. The highest BCUT2D eigenvalue weighted by atomic mass is 16.5. The summed E-state index contributed by atoms with van der Waals surface area (Å²) in [7, 11) is 1.63. The number of aryl methyl sites for hydroxylation is 1. The zero-order valence-electron chi connectivity index (χ0n) is 13.4. The lowest BCUT2D eigenvalue weighted by atomic mass is 10.2. The van der Waals surface area contributed by atoms with Gasteiger partial charge in [-0.25, -0.2) is 0 Å². The molecule has 0 saturated carbocycles. The van der Waals surface area contributed by atoms with Crippen molar-refractivity contribution in [3.63, 3.8) is 0 Å². The van der Waals surface area contributed by atoms with Crippen molar-refractivity contribution < 1.29 is 14.4 Å². The van der Waals surface area contributed by atoms with Crippen LogP contribution in [0.1, 0.15) is 38.2 Å². The SMILES string of the molecule is COc1ccc(C)cc1NC(=O)[C@H](C)[NH+]1CCCCCC1. The average Bonchev–Trinajstić information content (AvgIpc) is 2.75. The van der Waals surface area contributed by atoms with E-state index in [4.69, 9.17) is 4.74 Å². The van der Waals surface area contributed by atoms with E-state index in [1.165, 1.54) is 30.6 Å². The van der Waals surface area contributed by atoms with Crippen LogP contribution in [0, 0.1) is 6.92 Å². The number of likely N-dealkylation sites (tertiary alicyclic amines) is 1. The molecule has 4 heteroatoms. The number of carbonyl (C=O) groups is 1. The van der Waals surface area contributed by atoms with Crippen LogP contribution in [0.15, 0.2) is 18.2 Å². The Morgan fingerprint density at radius 3 is 2.52 bits per heavy atom. The highest BCUT2D eigenvalue weighted by molar-refractivity contribution is 5.95. The van der Waals surface area contributed by atoms with Crippen LogP contribution >= 0.6 is 0 Å². The van der Waals surface area contributed by atoms with Gasteiger partial charge in [-0.3, -0.25) is 4.79 Å². The average molecular weight is 291 g/mol. The van der Waals surface area contributed by atoms with E-state index in [2.05, 4.69) is 5.32 Å². The Balaban J connectivity index is 2.04. The number of carbonyl (C=O) groups excluding carboxylic acids is 1. The van der Waals surface area contributed by atoms with Crippen molar-refractivity contribution in [1.29, 1.82) is 0 Å². The molecular weight excluding hydrogens is 264 g/mol. The molecular formula is C17H27N2O2+. The predicted molar refractivity (Wildman–Crippen MR) is 85.0 cm³/mol. The minimum absolute atomic E-state index is 0.0201. The Morgan fingerprint density at radius 1 is 1.24 bits per heavy atom. The fourth-order valence-electron chi connectivity index (χ4n) is 2.96. The fraction of sp³-hybridized carbons (Fsp3) is 0.588. The Bertz CT molecular complexity index is 480. The zero-order chi connectivity index (χ0) is 15.2. The topological polar surface area (TPSA) is 42.8 Å². The van der Waals surface area contributed by atoms with Crippen LogP contribution in [0.4, 0.5) is 5.69 Å². The minimum atomic E-state index is -0.0201. The molecule has 0 bridgehead atoms. The van der Waals surface area contributed by atoms with Gasteiger partial charge in [0.1, 0.15) is 5.75 Å². The van der Waals surface area contributed by atoms with Crippen molar-refractivity contribution >= 4 is 11.6 Å². The van der Waals surface area contributed by atoms with Gasteiger partial charge >= 0.3 is 0 Å². The standard InChI is InChI=1S/C17H26N2O2/c1-13-8-9-16(21-3)15(12-13)18-17(20)14(2)19-10-6-4-5-7-11-19/h8-9,12,14H,4-7,10-11H2,1-3H3,(H,18,20)/p+1/t14-/m0/s1. The van der Waals surface area contributed by atoms with Crippen LogP contribution in [0.25, 0.3) is 0 Å². The van der Waals surface area contributed by atoms with Crippen LogP contribution in [-0.4, -0.2) is 32.1 Å². The van der Waals surface area contributed by atoms with E-state index < -0.39 is 0 Å². The number of methoxy groups -OCH3 is 1. The molecule has 0 unspecified atom stereocenters. The van der Waals surface area contributed by atoms with Gasteiger partial charge in [0.2, 0.25) is 0 Å². The second kappa shape index (κ2) is 7.46. The molecule has 1 aliphatic heterocycles.